The molecule has 0 bridgehead atoms. The van der Waals surface area contributed by atoms with E-state index in [0.717, 1.165) is 9.87 Å². The third kappa shape index (κ3) is 3.71. The summed E-state index contributed by atoms with van der Waals surface area (Å²) in [6.07, 6.45) is -1.15. The highest BCUT2D eigenvalue weighted by atomic mass is 79.9. The van der Waals surface area contributed by atoms with Gasteiger partial charge in [-0.05, 0) is 49.7 Å². The number of halogens is 1. The van der Waals surface area contributed by atoms with Crippen LogP contribution in [0.15, 0.2) is 50.3 Å². The standard InChI is InChI=1S/C21H20BrN3O6S/c1-11-20(12(2)31-24-11)13-4-6-16-15(8-13)25(10-18(30-16)21(23)26)32(27,28)19-9-14(22)5-7-17(19)29-3/h4-9,18H,10H2,1-3H3,(H2,23,26). The van der Waals surface area contributed by atoms with Crippen LogP contribution in [0.25, 0.3) is 11.1 Å². The number of rotatable bonds is 5. The van der Waals surface area contributed by atoms with Crippen molar-refractivity contribution >= 4 is 37.5 Å². The molecule has 2 heterocycles. The minimum Gasteiger partial charge on any atom is -0.495 e. The molecule has 0 spiro atoms. The van der Waals surface area contributed by atoms with Crippen molar-refractivity contribution in [3.63, 3.8) is 0 Å². The van der Waals surface area contributed by atoms with Crippen LogP contribution in [-0.2, 0) is 14.8 Å². The van der Waals surface area contributed by atoms with Gasteiger partial charge in [-0.15, -0.1) is 0 Å². The van der Waals surface area contributed by atoms with E-state index in [4.69, 9.17) is 19.7 Å². The third-order valence-electron chi connectivity index (χ3n) is 5.16. The summed E-state index contributed by atoms with van der Waals surface area (Å²) in [4.78, 5) is 11.9. The lowest BCUT2D eigenvalue weighted by Crippen LogP contribution is -2.49. The maximum absolute atomic E-state index is 13.8. The summed E-state index contributed by atoms with van der Waals surface area (Å²) in [5.74, 6) is 0.205. The zero-order valence-electron chi connectivity index (χ0n) is 17.5. The molecule has 3 aromatic rings. The van der Waals surface area contributed by atoms with Crippen molar-refractivity contribution in [2.24, 2.45) is 5.73 Å². The van der Waals surface area contributed by atoms with Gasteiger partial charge in [0.15, 0.2) is 6.10 Å². The van der Waals surface area contributed by atoms with Crippen molar-refractivity contribution in [2.45, 2.75) is 24.8 Å². The molecule has 1 aliphatic rings. The summed E-state index contributed by atoms with van der Waals surface area (Å²) in [6, 6.07) is 9.68. The van der Waals surface area contributed by atoms with E-state index in [-0.39, 0.29) is 28.6 Å². The molecule has 11 heteroatoms. The van der Waals surface area contributed by atoms with Gasteiger partial charge in [0.05, 0.1) is 25.0 Å². The van der Waals surface area contributed by atoms with Gasteiger partial charge in [-0.1, -0.05) is 27.2 Å². The van der Waals surface area contributed by atoms with E-state index in [1.807, 2.05) is 0 Å². The summed E-state index contributed by atoms with van der Waals surface area (Å²) < 4.78 is 45.5. The van der Waals surface area contributed by atoms with Crippen LogP contribution in [0.3, 0.4) is 0 Å². The molecule has 1 unspecified atom stereocenters. The fraction of sp³-hybridized carbons (Fsp3) is 0.238. The molecule has 0 saturated carbocycles. The zero-order valence-corrected chi connectivity index (χ0v) is 19.9. The SMILES string of the molecule is COc1ccc(Br)cc1S(=O)(=O)N1CC(C(N)=O)Oc2ccc(-c3c(C)noc3C)cc21. The van der Waals surface area contributed by atoms with Crippen molar-refractivity contribution in [3.8, 4) is 22.6 Å². The number of nitrogens with zero attached hydrogens (tertiary/aromatic N) is 2. The molecule has 2 aromatic carbocycles. The van der Waals surface area contributed by atoms with E-state index in [9.17, 15) is 13.2 Å². The molecule has 1 aromatic heterocycles. The monoisotopic (exact) mass is 521 g/mol. The van der Waals surface area contributed by atoms with Crippen molar-refractivity contribution < 1.29 is 27.2 Å². The Morgan fingerprint density at radius 2 is 2.00 bits per heavy atom. The number of aromatic nitrogens is 1. The average Bonchev–Trinajstić information content (AvgIpc) is 3.10. The number of benzene rings is 2. The molecule has 0 fully saturated rings. The summed E-state index contributed by atoms with van der Waals surface area (Å²) in [6.45, 7) is 3.28. The summed E-state index contributed by atoms with van der Waals surface area (Å²) in [5, 5.41) is 3.97. The number of ether oxygens (including phenoxy) is 2. The van der Waals surface area contributed by atoms with Crippen LogP contribution in [0.4, 0.5) is 5.69 Å². The molecule has 9 nitrogen and oxygen atoms in total. The topological polar surface area (TPSA) is 125 Å². The Morgan fingerprint density at radius 3 is 2.62 bits per heavy atom. The lowest BCUT2D eigenvalue weighted by Gasteiger charge is -2.34. The Hall–Kier alpha value is -3.05. The maximum Gasteiger partial charge on any atom is 0.268 e. The minimum absolute atomic E-state index is 0.0619. The third-order valence-corrected chi connectivity index (χ3v) is 7.46. The predicted molar refractivity (Wildman–Crippen MR) is 120 cm³/mol. The Kier molecular flexibility index (Phi) is 5.63. The Morgan fingerprint density at radius 1 is 1.25 bits per heavy atom. The van der Waals surface area contributed by atoms with Crippen molar-refractivity contribution in [1.82, 2.24) is 5.16 Å². The van der Waals surface area contributed by atoms with Gasteiger partial charge in [0.25, 0.3) is 15.9 Å². The lowest BCUT2D eigenvalue weighted by atomic mass is 10.0. The van der Waals surface area contributed by atoms with E-state index >= 15 is 0 Å². The molecule has 2 N–H and O–H groups in total. The van der Waals surface area contributed by atoms with Crippen molar-refractivity contribution in [2.75, 3.05) is 18.0 Å². The molecule has 32 heavy (non-hydrogen) atoms. The van der Waals surface area contributed by atoms with Crippen LogP contribution in [0.5, 0.6) is 11.5 Å². The highest BCUT2D eigenvalue weighted by Crippen LogP contribution is 2.42. The minimum atomic E-state index is -4.16. The van der Waals surface area contributed by atoms with Crippen LogP contribution in [0.1, 0.15) is 11.5 Å². The van der Waals surface area contributed by atoms with Gasteiger partial charge in [0.2, 0.25) is 0 Å². The van der Waals surface area contributed by atoms with Gasteiger partial charge < -0.3 is 19.7 Å². The van der Waals surface area contributed by atoms with Gasteiger partial charge in [-0.2, -0.15) is 0 Å². The van der Waals surface area contributed by atoms with Gasteiger partial charge in [-0.25, -0.2) is 8.42 Å². The zero-order chi connectivity index (χ0) is 23.2. The number of nitrogens with two attached hydrogens (primary N) is 1. The molecule has 1 aliphatic heterocycles. The smallest absolute Gasteiger partial charge is 0.268 e. The van der Waals surface area contributed by atoms with E-state index in [1.54, 1.807) is 44.2 Å². The second-order valence-corrected chi connectivity index (χ2v) is 9.97. The number of primary amides is 1. The van der Waals surface area contributed by atoms with Crippen LogP contribution in [0.2, 0.25) is 0 Å². The quantitative estimate of drug-likeness (QED) is 0.546. The van der Waals surface area contributed by atoms with Crippen LogP contribution < -0.4 is 19.5 Å². The maximum atomic E-state index is 13.8. The van der Waals surface area contributed by atoms with Gasteiger partial charge in [0.1, 0.15) is 22.2 Å². The van der Waals surface area contributed by atoms with E-state index in [2.05, 4.69) is 21.1 Å². The Labute approximate surface area is 193 Å². The number of sulfonamides is 1. The number of aryl methyl sites for hydroxylation is 2. The first-order chi connectivity index (χ1) is 15.1. The van der Waals surface area contributed by atoms with Crippen molar-refractivity contribution in [3.05, 3.63) is 52.3 Å². The largest absolute Gasteiger partial charge is 0.495 e. The molecule has 0 saturated heterocycles. The molecular weight excluding hydrogens is 502 g/mol. The normalized spacial score (nSPS) is 15.8. The second kappa shape index (κ2) is 8.14. The van der Waals surface area contributed by atoms with Crippen molar-refractivity contribution in [1.29, 1.82) is 0 Å². The number of methoxy groups -OCH3 is 1. The molecule has 168 valence electrons. The van der Waals surface area contributed by atoms with Crippen LogP contribution in [-0.4, -0.2) is 39.2 Å². The van der Waals surface area contributed by atoms with E-state index in [0.29, 0.717) is 21.5 Å². The number of hydrogen-bond acceptors (Lipinski definition) is 7. The highest BCUT2D eigenvalue weighted by molar-refractivity contribution is 9.10. The molecule has 4 rings (SSSR count). The van der Waals surface area contributed by atoms with Gasteiger partial charge in [-0.3, -0.25) is 9.10 Å². The molecule has 1 atom stereocenters. The number of carbonyl (C=O) groups excluding carboxylic acids is 1. The summed E-state index contributed by atoms with van der Waals surface area (Å²) >= 11 is 3.31. The number of carbonyl (C=O) groups is 1. The number of fused-ring (bicyclic) bond motifs is 1. The number of anilines is 1. The Balaban J connectivity index is 1.92. The summed E-state index contributed by atoms with van der Waals surface area (Å²) in [7, 11) is -2.78. The fourth-order valence-corrected chi connectivity index (χ4v) is 5.81. The fourth-order valence-electron chi connectivity index (χ4n) is 3.65. The van der Waals surface area contributed by atoms with E-state index < -0.39 is 22.0 Å². The lowest BCUT2D eigenvalue weighted by molar-refractivity contribution is -0.124. The predicted octanol–water partition coefficient (Wildman–Crippen LogP) is 3.17. The highest BCUT2D eigenvalue weighted by Gasteiger charge is 2.38. The van der Waals surface area contributed by atoms with E-state index in [1.165, 1.54) is 13.2 Å². The number of hydrogen-bond donors (Lipinski definition) is 1. The first kappa shape index (κ1) is 22.2. The summed E-state index contributed by atoms with van der Waals surface area (Å²) in [5.41, 5.74) is 7.84. The molecule has 1 amide bonds. The van der Waals surface area contributed by atoms with Gasteiger partial charge >= 0.3 is 0 Å². The Bertz CT molecular complexity index is 1300. The molecule has 0 aliphatic carbocycles. The van der Waals surface area contributed by atoms with Gasteiger partial charge in [0, 0.05) is 10.0 Å². The average molecular weight is 522 g/mol. The number of amides is 1. The molecular formula is C21H20BrN3O6S. The first-order valence-corrected chi connectivity index (χ1v) is 11.8. The molecule has 0 radical (unpaired) electrons. The van der Waals surface area contributed by atoms with Crippen LogP contribution >= 0.6 is 15.9 Å². The van der Waals surface area contributed by atoms with Crippen LogP contribution in [0, 0.1) is 13.8 Å². The second-order valence-electron chi connectivity index (χ2n) is 7.22. The first-order valence-electron chi connectivity index (χ1n) is 9.53.